The number of piperidine rings is 1. The van der Waals surface area contributed by atoms with E-state index >= 15 is 0 Å². The summed E-state index contributed by atoms with van der Waals surface area (Å²) in [6.45, 7) is 4.25. The van der Waals surface area contributed by atoms with E-state index in [1.165, 1.54) is 0 Å². The molecule has 0 aromatic carbocycles. The van der Waals surface area contributed by atoms with Gasteiger partial charge in [0.05, 0.1) is 12.7 Å². The van der Waals surface area contributed by atoms with Crippen molar-refractivity contribution >= 4 is 5.91 Å². The molecule has 3 rings (SSSR count). The number of hydrogen-bond donors (Lipinski definition) is 2. The quantitative estimate of drug-likeness (QED) is 0.857. The SMILES string of the molecule is CN1CCC(C)(C(=O)NCc2nc(-c3cnccn3)n[nH]2)CC1. The van der Waals surface area contributed by atoms with Gasteiger partial charge in [-0.05, 0) is 33.0 Å². The summed E-state index contributed by atoms with van der Waals surface area (Å²) < 4.78 is 0. The van der Waals surface area contributed by atoms with Gasteiger partial charge in [0.1, 0.15) is 11.5 Å². The lowest BCUT2D eigenvalue weighted by atomic mass is 9.79. The highest BCUT2D eigenvalue weighted by atomic mass is 16.2. The molecule has 23 heavy (non-hydrogen) atoms. The number of amides is 1. The van der Waals surface area contributed by atoms with E-state index in [4.69, 9.17) is 0 Å². The molecule has 1 aliphatic rings. The van der Waals surface area contributed by atoms with Gasteiger partial charge in [-0.2, -0.15) is 5.10 Å². The van der Waals surface area contributed by atoms with Crippen LogP contribution in [0.2, 0.25) is 0 Å². The maximum Gasteiger partial charge on any atom is 0.226 e. The number of rotatable bonds is 4. The Morgan fingerprint density at radius 2 is 2.17 bits per heavy atom. The van der Waals surface area contributed by atoms with Crippen molar-refractivity contribution < 1.29 is 4.79 Å². The van der Waals surface area contributed by atoms with E-state index in [9.17, 15) is 4.79 Å². The van der Waals surface area contributed by atoms with E-state index in [-0.39, 0.29) is 11.3 Å². The molecular weight excluding hydrogens is 294 g/mol. The molecule has 0 bridgehead atoms. The van der Waals surface area contributed by atoms with Crippen LogP contribution in [0.3, 0.4) is 0 Å². The number of H-pyrrole nitrogens is 1. The summed E-state index contributed by atoms with van der Waals surface area (Å²) in [6, 6.07) is 0. The molecule has 0 aliphatic carbocycles. The summed E-state index contributed by atoms with van der Waals surface area (Å²) in [6.07, 6.45) is 6.53. The average molecular weight is 315 g/mol. The van der Waals surface area contributed by atoms with Gasteiger partial charge in [0, 0.05) is 17.8 Å². The van der Waals surface area contributed by atoms with Crippen LogP contribution < -0.4 is 5.32 Å². The Balaban J connectivity index is 1.58. The van der Waals surface area contributed by atoms with Crippen LogP contribution in [-0.2, 0) is 11.3 Å². The molecule has 1 fully saturated rings. The largest absolute Gasteiger partial charge is 0.348 e. The number of aromatic amines is 1. The smallest absolute Gasteiger partial charge is 0.226 e. The van der Waals surface area contributed by atoms with Crippen LogP contribution in [0.15, 0.2) is 18.6 Å². The number of likely N-dealkylation sites (tertiary alicyclic amines) is 1. The van der Waals surface area contributed by atoms with Gasteiger partial charge in [-0.1, -0.05) is 6.92 Å². The van der Waals surface area contributed by atoms with Crippen molar-refractivity contribution in [2.45, 2.75) is 26.3 Å². The Hall–Kier alpha value is -2.35. The second-order valence-electron chi connectivity index (χ2n) is 6.24. The van der Waals surface area contributed by atoms with Crippen molar-refractivity contribution in [3.63, 3.8) is 0 Å². The molecule has 1 aliphatic heterocycles. The lowest BCUT2D eigenvalue weighted by Gasteiger charge is -2.36. The van der Waals surface area contributed by atoms with Crippen molar-refractivity contribution in [2.75, 3.05) is 20.1 Å². The molecule has 2 aromatic rings. The fraction of sp³-hybridized carbons (Fsp3) is 0.533. The minimum Gasteiger partial charge on any atom is -0.348 e. The molecule has 1 amide bonds. The van der Waals surface area contributed by atoms with E-state index < -0.39 is 0 Å². The molecule has 122 valence electrons. The van der Waals surface area contributed by atoms with Gasteiger partial charge in [0.2, 0.25) is 11.7 Å². The maximum absolute atomic E-state index is 12.5. The summed E-state index contributed by atoms with van der Waals surface area (Å²) in [7, 11) is 2.08. The fourth-order valence-corrected chi connectivity index (χ4v) is 2.62. The lowest BCUT2D eigenvalue weighted by Crippen LogP contribution is -2.46. The van der Waals surface area contributed by atoms with Crippen LogP contribution in [0.1, 0.15) is 25.6 Å². The first-order valence-corrected chi connectivity index (χ1v) is 7.71. The van der Waals surface area contributed by atoms with E-state index in [0.29, 0.717) is 23.9 Å². The topological polar surface area (TPSA) is 99.7 Å². The predicted octanol–water partition coefficient (Wildman–Crippen LogP) is 0.610. The second kappa shape index (κ2) is 6.41. The fourth-order valence-electron chi connectivity index (χ4n) is 2.62. The van der Waals surface area contributed by atoms with Crippen molar-refractivity contribution in [2.24, 2.45) is 5.41 Å². The minimum atomic E-state index is -0.305. The van der Waals surface area contributed by atoms with Crippen molar-refractivity contribution in [1.82, 2.24) is 35.4 Å². The summed E-state index contributed by atoms with van der Waals surface area (Å²) >= 11 is 0. The molecule has 0 unspecified atom stereocenters. The minimum absolute atomic E-state index is 0.0723. The molecule has 0 atom stereocenters. The molecular formula is C15H21N7O. The molecule has 2 N–H and O–H groups in total. The first-order valence-electron chi connectivity index (χ1n) is 7.71. The standard InChI is InChI=1S/C15H21N7O/c1-15(3-7-22(2)8-4-15)14(23)18-10-12-19-13(21-20-12)11-9-16-5-6-17-11/h5-6,9H,3-4,7-8,10H2,1-2H3,(H,18,23)(H,19,20,21). The van der Waals surface area contributed by atoms with Crippen molar-refractivity contribution in [3.05, 3.63) is 24.4 Å². The Morgan fingerprint density at radius 3 is 2.87 bits per heavy atom. The number of carbonyl (C=O) groups is 1. The molecule has 8 heteroatoms. The van der Waals surface area contributed by atoms with Gasteiger partial charge in [0.25, 0.3) is 0 Å². The third-order valence-corrected chi connectivity index (χ3v) is 4.38. The zero-order valence-electron chi connectivity index (χ0n) is 13.4. The number of carbonyl (C=O) groups excluding carboxylic acids is 1. The van der Waals surface area contributed by atoms with E-state index in [1.807, 2.05) is 6.92 Å². The molecule has 0 saturated carbocycles. The molecule has 8 nitrogen and oxygen atoms in total. The zero-order valence-corrected chi connectivity index (χ0v) is 13.4. The van der Waals surface area contributed by atoms with E-state index in [0.717, 1.165) is 25.9 Å². The van der Waals surface area contributed by atoms with Crippen LogP contribution in [-0.4, -0.2) is 56.1 Å². The highest BCUT2D eigenvalue weighted by Crippen LogP contribution is 2.30. The summed E-state index contributed by atoms with van der Waals surface area (Å²) in [5.74, 6) is 1.16. The van der Waals surface area contributed by atoms with Crippen LogP contribution in [0.4, 0.5) is 0 Å². The average Bonchev–Trinajstić information content (AvgIpc) is 3.05. The number of aromatic nitrogens is 5. The van der Waals surface area contributed by atoms with Gasteiger partial charge in [0.15, 0.2) is 0 Å². The van der Waals surface area contributed by atoms with Crippen LogP contribution in [0.5, 0.6) is 0 Å². The van der Waals surface area contributed by atoms with Gasteiger partial charge in [-0.3, -0.25) is 14.9 Å². The van der Waals surface area contributed by atoms with Gasteiger partial charge in [-0.25, -0.2) is 9.97 Å². The monoisotopic (exact) mass is 315 g/mol. The summed E-state index contributed by atoms with van der Waals surface area (Å²) in [5.41, 5.74) is 0.295. The normalized spacial score (nSPS) is 17.8. The molecule has 2 aromatic heterocycles. The third-order valence-electron chi connectivity index (χ3n) is 4.38. The van der Waals surface area contributed by atoms with Crippen molar-refractivity contribution in [1.29, 1.82) is 0 Å². The molecule has 3 heterocycles. The Bertz CT molecular complexity index is 661. The van der Waals surface area contributed by atoms with Crippen molar-refractivity contribution in [3.8, 4) is 11.5 Å². The summed E-state index contributed by atoms with van der Waals surface area (Å²) in [4.78, 5) is 27.2. The predicted molar refractivity (Wildman–Crippen MR) is 84.1 cm³/mol. The first-order chi connectivity index (χ1) is 11.1. The van der Waals surface area contributed by atoms with Gasteiger partial charge < -0.3 is 10.2 Å². The number of nitrogens with one attached hydrogen (secondary N) is 2. The Kier molecular flexibility index (Phi) is 4.33. The Morgan fingerprint density at radius 1 is 1.39 bits per heavy atom. The highest BCUT2D eigenvalue weighted by molar-refractivity contribution is 5.82. The second-order valence-corrected chi connectivity index (χ2v) is 6.24. The lowest BCUT2D eigenvalue weighted by molar-refractivity contribution is -0.132. The Labute approximate surface area is 134 Å². The third kappa shape index (κ3) is 3.53. The number of nitrogens with zero attached hydrogens (tertiary/aromatic N) is 5. The van der Waals surface area contributed by atoms with E-state index in [2.05, 4.69) is 42.4 Å². The van der Waals surface area contributed by atoms with E-state index in [1.54, 1.807) is 18.6 Å². The zero-order chi connectivity index (χ0) is 16.3. The maximum atomic E-state index is 12.5. The van der Waals surface area contributed by atoms with Gasteiger partial charge >= 0.3 is 0 Å². The summed E-state index contributed by atoms with van der Waals surface area (Å²) in [5, 5.41) is 9.90. The molecule has 0 radical (unpaired) electrons. The molecule has 1 saturated heterocycles. The van der Waals surface area contributed by atoms with Crippen LogP contribution in [0.25, 0.3) is 11.5 Å². The van der Waals surface area contributed by atoms with Gasteiger partial charge in [-0.15, -0.1) is 0 Å². The number of hydrogen-bond acceptors (Lipinski definition) is 6. The molecule has 0 spiro atoms. The first kappa shape index (κ1) is 15.5. The van der Waals surface area contributed by atoms with Crippen LogP contribution >= 0.6 is 0 Å². The highest BCUT2D eigenvalue weighted by Gasteiger charge is 2.35. The van der Waals surface area contributed by atoms with Crippen LogP contribution in [0, 0.1) is 5.41 Å².